The topological polar surface area (TPSA) is 62.1 Å². The second-order valence-electron chi connectivity index (χ2n) is 5.27. The van der Waals surface area contributed by atoms with E-state index in [2.05, 4.69) is 14.9 Å². The number of piperidine rings is 1. The summed E-state index contributed by atoms with van der Waals surface area (Å²) in [5.41, 5.74) is -1.89. The van der Waals surface area contributed by atoms with Crippen LogP contribution in [0.15, 0.2) is 22.9 Å². The molecule has 1 fully saturated rings. The Kier molecular flexibility index (Phi) is 4.15. The number of rotatable bonds is 2. The van der Waals surface area contributed by atoms with Crippen LogP contribution < -0.4 is 4.90 Å². The van der Waals surface area contributed by atoms with Gasteiger partial charge in [-0.2, -0.15) is 13.2 Å². The molecule has 1 N–H and O–H groups in total. The minimum atomic E-state index is -4.74. The number of anilines is 1. The molecule has 0 aromatic carbocycles. The van der Waals surface area contributed by atoms with Gasteiger partial charge in [-0.15, -0.1) is 11.3 Å². The van der Waals surface area contributed by atoms with E-state index in [4.69, 9.17) is 0 Å². The van der Waals surface area contributed by atoms with Crippen LogP contribution in [0.1, 0.15) is 17.7 Å². The van der Waals surface area contributed by atoms with Gasteiger partial charge in [-0.1, -0.05) is 5.16 Å². The highest BCUT2D eigenvalue weighted by molar-refractivity contribution is 7.17. The molecule has 0 aliphatic carbocycles. The maximum atomic E-state index is 12.8. The van der Waals surface area contributed by atoms with Gasteiger partial charge < -0.3 is 14.8 Å². The summed E-state index contributed by atoms with van der Waals surface area (Å²) < 4.78 is 38.4. The van der Waals surface area contributed by atoms with Gasteiger partial charge in [0.15, 0.2) is 5.71 Å². The molecule has 2 aliphatic rings. The van der Waals surface area contributed by atoms with Gasteiger partial charge in [0.05, 0.1) is 16.7 Å². The van der Waals surface area contributed by atoms with E-state index in [1.165, 1.54) is 11.3 Å². The van der Waals surface area contributed by atoms with Crippen molar-refractivity contribution in [3.8, 4) is 0 Å². The molecule has 23 heavy (non-hydrogen) atoms. The average molecular weight is 346 g/mol. The first-order valence-corrected chi connectivity index (χ1v) is 7.77. The molecule has 0 atom stereocenters. The van der Waals surface area contributed by atoms with Crippen molar-refractivity contribution in [2.75, 3.05) is 18.0 Å². The minimum Gasteiger partial charge on any atom is -0.393 e. The lowest BCUT2D eigenvalue weighted by Crippen LogP contribution is -2.35. The summed E-state index contributed by atoms with van der Waals surface area (Å²) in [5.74, 6) is -1.10. The zero-order valence-electron chi connectivity index (χ0n) is 11.8. The largest absolute Gasteiger partial charge is 0.437 e. The molecule has 124 valence electrons. The zero-order valence-corrected chi connectivity index (χ0v) is 12.7. The fourth-order valence-electron chi connectivity index (χ4n) is 2.43. The molecule has 2 aliphatic heterocycles. The molecule has 9 heteroatoms. The van der Waals surface area contributed by atoms with Gasteiger partial charge in [0.25, 0.3) is 0 Å². The highest BCUT2D eigenvalue weighted by atomic mass is 32.1. The third kappa shape index (κ3) is 3.40. The van der Waals surface area contributed by atoms with Crippen LogP contribution in [-0.4, -0.2) is 42.2 Å². The number of aliphatic hydroxyl groups is 1. The fourth-order valence-corrected chi connectivity index (χ4v) is 3.43. The first-order chi connectivity index (χ1) is 10.8. The first-order valence-electron chi connectivity index (χ1n) is 6.96. The highest BCUT2D eigenvalue weighted by Crippen LogP contribution is 2.33. The number of carbonyl (C=O) groups is 1. The van der Waals surface area contributed by atoms with Gasteiger partial charge in [-0.25, -0.2) is 4.79 Å². The molecule has 1 aromatic heterocycles. The summed E-state index contributed by atoms with van der Waals surface area (Å²) in [5, 5.41) is 13.2. The maximum absolute atomic E-state index is 12.8. The Morgan fingerprint density at radius 3 is 2.70 bits per heavy atom. The van der Waals surface area contributed by atoms with E-state index < -0.39 is 23.4 Å². The van der Waals surface area contributed by atoms with Crippen LogP contribution in [0.2, 0.25) is 0 Å². The lowest BCUT2D eigenvalue weighted by molar-refractivity contribution is -0.136. The van der Waals surface area contributed by atoms with E-state index in [1.54, 1.807) is 12.1 Å². The predicted molar refractivity (Wildman–Crippen MR) is 79.3 cm³/mol. The molecule has 0 saturated carbocycles. The molecule has 1 aromatic rings. The van der Waals surface area contributed by atoms with Crippen molar-refractivity contribution in [3.63, 3.8) is 0 Å². The van der Waals surface area contributed by atoms with Crippen molar-refractivity contribution < 1.29 is 27.9 Å². The average Bonchev–Trinajstić information content (AvgIpc) is 3.08. The van der Waals surface area contributed by atoms with E-state index in [0.717, 1.165) is 11.1 Å². The number of halogens is 3. The third-order valence-electron chi connectivity index (χ3n) is 3.64. The van der Waals surface area contributed by atoms with Crippen LogP contribution in [0.3, 0.4) is 0 Å². The number of hydrogen-bond acceptors (Lipinski definition) is 6. The number of hydrogen-bond donors (Lipinski definition) is 1. The fraction of sp³-hybridized carbons (Fsp3) is 0.429. The summed E-state index contributed by atoms with van der Waals surface area (Å²) >= 11 is 1.28. The molecule has 0 amide bonds. The zero-order chi connectivity index (χ0) is 16.6. The van der Waals surface area contributed by atoms with Crippen LogP contribution in [0.5, 0.6) is 0 Å². The Balaban J connectivity index is 1.80. The normalized spacial score (nSPS) is 21.7. The van der Waals surface area contributed by atoms with Gasteiger partial charge in [0.2, 0.25) is 0 Å². The van der Waals surface area contributed by atoms with Crippen LogP contribution in [-0.2, 0) is 9.63 Å². The van der Waals surface area contributed by atoms with Crippen LogP contribution in [0.4, 0.5) is 18.2 Å². The molecular weight excluding hydrogens is 333 g/mol. The molecule has 0 spiro atoms. The molecule has 0 unspecified atom stereocenters. The van der Waals surface area contributed by atoms with Gasteiger partial charge in [0, 0.05) is 18.0 Å². The number of thiophene rings is 1. The summed E-state index contributed by atoms with van der Waals surface area (Å²) in [6.45, 7) is 1.38. The molecule has 3 heterocycles. The molecular formula is C14H13F3N2O3S. The first kappa shape index (κ1) is 16.0. The van der Waals surface area contributed by atoms with E-state index >= 15 is 0 Å². The van der Waals surface area contributed by atoms with Crippen LogP contribution in [0, 0.1) is 0 Å². The van der Waals surface area contributed by atoms with E-state index in [1.807, 2.05) is 0 Å². The predicted octanol–water partition coefficient (Wildman–Crippen LogP) is 2.57. The lowest BCUT2D eigenvalue weighted by Gasteiger charge is -2.30. The number of aliphatic hydroxyl groups excluding tert-OH is 1. The highest BCUT2D eigenvalue weighted by Gasteiger charge is 2.45. The van der Waals surface area contributed by atoms with Gasteiger partial charge >= 0.3 is 12.1 Å². The van der Waals surface area contributed by atoms with Crippen molar-refractivity contribution in [1.29, 1.82) is 0 Å². The molecule has 1 saturated heterocycles. The Bertz CT molecular complexity index is 673. The van der Waals surface area contributed by atoms with Crippen LogP contribution >= 0.6 is 11.3 Å². The summed E-state index contributed by atoms with van der Waals surface area (Å²) in [6, 6.07) is 3.44. The smallest absolute Gasteiger partial charge is 0.393 e. The number of nitrogens with zero attached hydrogens (tertiary/aromatic N) is 2. The third-order valence-corrected chi connectivity index (χ3v) is 4.73. The lowest BCUT2D eigenvalue weighted by atomic mass is 10.1. The Morgan fingerprint density at radius 2 is 2.04 bits per heavy atom. The number of carbonyl (C=O) groups excluding carboxylic acids is 1. The van der Waals surface area contributed by atoms with Crippen molar-refractivity contribution in [2.45, 2.75) is 25.1 Å². The van der Waals surface area contributed by atoms with Crippen molar-refractivity contribution >= 4 is 34.1 Å². The summed E-state index contributed by atoms with van der Waals surface area (Å²) in [7, 11) is 0. The van der Waals surface area contributed by atoms with E-state index in [-0.39, 0.29) is 6.10 Å². The molecule has 3 rings (SSSR count). The Hall–Kier alpha value is -1.87. The van der Waals surface area contributed by atoms with E-state index in [0.29, 0.717) is 30.8 Å². The molecule has 0 bridgehead atoms. The second-order valence-corrected chi connectivity index (χ2v) is 6.36. The summed E-state index contributed by atoms with van der Waals surface area (Å²) in [4.78, 5) is 18.2. The van der Waals surface area contributed by atoms with Gasteiger partial charge in [-0.05, 0) is 31.1 Å². The molecule has 5 nitrogen and oxygen atoms in total. The monoisotopic (exact) mass is 346 g/mol. The van der Waals surface area contributed by atoms with E-state index in [9.17, 15) is 23.1 Å². The Morgan fingerprint density at radius 1 is 1.35 bits per heavy atom. The van der Waals surface area contributed by atoms with Gasteiger partial charge in [0.1, 0.15) is 0 Å². The number of oxime groups is 1. The Labute approximate surface area is 133 Å². The standard InChI is InChI=1S/C14H13F3N2O3S/c15-14(16,17)12-10(13(21)22-18-12)7-9-1-2-11(23-9)19-5-3-8(20)4-6-19/h1-2,7-8,20H,3-6H2/b10-7-. The second kappa shape index (κ2) is 5.97. The minimum absolute atomic E-state index is 0.299. The van der Waals surface area contributed by atoms with Crippen LogP contribution in [0.25, 0.3) is 6.08 Å². The van der Waals surface area contributed by atoms with Crippen molar-refractivity contribution in [1.82, 2.24) is 0 Å². The quantitative estimate of drug-likeness (QED) is 0.660. The molecule has 0 radical (unpaired) electrons. The maximum Gasteiger partial charge on any atom is 0.437 e. The number of alkyl halides is 3. The van der Waals surface area contributed by atoms with Gasteiger partial charge in [-0.3, -0.25) is 0 Å². The summed E-state index contributed by atoms with van der Waals surface area (Å²) in [6.07, 6.45) is -2.57. The SMILES string of the molecule is O=C1ON=C(C(F)(F)F)/C1=C/c1ccc(N2CCC(O)CC2)s1. The van der Waals surface area contributed by atoms with Crippen molar-refractivity contribution in [3.05, 3.63) is 22.6 Å². The van der Waals surface area contributed by atoms with Crippen molar-refractivity contribution in [2.24, 2.45) is 5.16 Å².